The number of para-hydroxylation sites is 1. The van der Waals surface area contributed by atoms with Crippen LogP contribution in [-0.4, -0.2) is 17.6 Å². The Hall–Kier alpha value is -1.32. The molecule has 1 aliphatic carbocycles. The number of aromatic nitrogens is 1. The van der Waals surface area contributed by atoms with Crippen molar-refractivity contribution in [3.63, 3.8) is 0 Å². The molecule has 0 bridgehead atoms. The average Bonchev–Trinajstić information content (AvgIpc) is 3.24. The highest BCUT2D eigenvalue weighted by atomic mass is 35.5. The molecule has 0 unspecified atom stereocenters. The summed E-state index contributed by atoms with van der Waals surface area (Å²) in [6.45, 7) is 1.40. The van der Waals surface area contributed by atoms with E-state index in [1.165, 1.54) is 24.1 Å². The van der Waals surface area contributed by atoms with Crippen molar-refractivity contribution < 1.29 is 4.74 Å². The maximum absolute atomic E-state index is 6.30. The molecule has 0 radical (unpaired) electrons. The number of hydrogen-bond donors (Lipinski definition) is 1. The number of anilines is 1. The minimum atomic E-state index is 0.607. The van der Waals surface area contributed by atoms with Gasteiger partial charge < -0.3 is 10.1 Å². The maximum Gasteiger partial charge on any atom is 0.0912 e. The molecule has 98 valence electrons. The highest BCUT2D eigenvalue weighted by Gasteiger charge is 2.26. The summed E-state index contributed by atoms with van der Waals surface area (Å²) in [5.74, 6) is 0. The van der Waals surface area contributed by atoms with Crippen LogP contribution in [0.4, 0.5) is 5.69 Å². The molecule has 1 saturated carbocycles. The molecule has 2 heterocycles. The maximum atomic E-state index is 6.30. The normalized spacial score (nSPS) is 18.4. The first-order valence-corrected chi connectivity index (χ1v) is 7.15. The number of pyridine rings is 1. The van der Waals surface area contributed by atoms with E-state index in [1.807, 2.05) is 12.1 Å². The van der Waals surface area contributed by atoms with Crippen molar-refractivity contribution in [1.29, 1.82) is 0 Å². The summed E-state index contributed by atoms with van der Waals surface area (Å²) in [7, 11) is 0. The molecule has 1 N–H and O–H groups in total. The van der Waals surface area contributed by atoms with E-state index in [0.717, 1.165) is 34.6 Å². The van der Waals surface area contributed by atoms with E-state index < -0.39 is 0 Å². The lowest BCUT2D eigenvalue weighted by Gasteiger charge is -2.22. The number of fused-ring (bicyclic) bond motifs is 2. The van der Waals surface area contributed by atoms with Crippen LogP contribution in [0.3, 0.4) is 0 Å². The van der Waals surface area contributed by atoms with Gasteiger partial charge in [-0.25, -0.2) is 0 Å². The Labute approximate surface area is 116 Å². The average molecular weight is 275 g/mol. The number of hydrogen-bond acceptors (Lipinski definition) is 3. The first-order valence-electron chi connectivity index (χ1n) is 6.77. The molecule has 1 aliphatic heterocycles. The van der Waals surface area contributed by atoms with Gasteiger partial charge in [0, 0.05) is 23.4 Å². The van der Waals surface area contributed by atoms with Crippen molar-refractivity contribution in [2.45, 2.75) is 31.9 Å². The molecule has 2 aliphatic rings. The molecule has 1 aromatic heterocycles. The van der Waals surface area contributed by atoms with E-state index in [4.69, 9.17) is 21.3 Å². The second-order valence-corrected chi connectivity index (χ2v) is 5.68. The highest BCUT2D eigenvalue weighted by molar-refractivity contribution is 6.35. The summed E-state index contributed by atoms with van der Waals surface area (Å²) >= 11 is 6.30. The third-order valence-corrected chi connectivity index (χ3v) is 4.11. The number of ether oxygens (including phenoxy) is 1. The van der Waals surface area contributed by atoms with Gasteiger partial charge in [0.25, 0.3) is 0 Å². The SMILES string of the molecule is Clc1cccc2c(NC3CC3)c3c(nc12)CCOC3. The molecule has 2 aromatic rings. The largest absolute Gasteiger partial charge is 0.381 e. The molecule has 4 heteroatoms. The molecule has 0 atom stereocenters. The first-order chi connectivity index (χ1) is 9.33. The Morgan fingerprint density at radius 2 is 2.21 bits per heavy atom. The predicted molar refractivity (Wildman–Crippen MR) is 76.8 cm³/mol. The van der Waals surface area contributed by atoms with Gasteiger partial charge in [-0.3, -0.25) is 4.98 Å². The van der Waals surface area contributed by atoms with Gasteiger partial charge in [0.05, 0.1) is 35.1 Å². The molecule has 1 aromatic carbocycles. The lowest BCUT2D eigenvalue weighted by atomic mass is 10.0. The number of rotatable bonds is 2. The molecule has 19 heavy (non-hydrogen) atoms. The van der Waals surface area contributed by atoms with Gasteiger partial charge in [-0.15, -0.1) is 0 Å². The zero-order valence-electron chi connectivity index (χ0n) is 10.6. The van der Waals surface area contributed by atoms with Gasteiger partial charge in [0.15, 0.2) is 0 Å². The van der Waals surface area contributed by atoms with Crippen LogP contribution in [0.2, 0.25) is 5.02 Å². The van der Waals surface area contributed by atoms with Gasteiger partial charge in [0.1, 0.15) is 0 Å². The van der Waals surface area contributed by atoms with Crippen molar-refractivity contribution >= 4 is 28.2 Å². The van der Waals surface area contributed by atoms with E-state index in [1.54, 1.807) is 0 Å². The second kappa shape index (κ2) is 4.36. The van der Waals surface area contributed by atoms with Gasteiger partial charge in [-0.2, -0.15) is 0 Å². The minimum Gasteiger partial charge on any atom is -0.381 e. The van der Waals surface area contributed by atoms with Crippen molar-refractivity contribution in [2.24, 2.45) is 0 Å². The van der Waals surface area contributed by atoms with E-state index in [9.17, 15) is 0 Å². The molecular formula is C15H15ClN2O. The monoisotopic (exact) mass is 274 g/mol. The van der Waals surface area contributed by atoms with Crippen LogP contribution in [0.15, 0.2) is 18.2 Å². The molecule has 4 rings (SSSR count). The Kier molecular flexibility index (Phi) is 2.64. The van der Waals surface area contributed by atoms with Gasteiger partial charge >= 0.3 is 0 Å². The molecule has 0 spiro atoms. The third-order valence-electron chi connectivity index (χ3n) is 3.81. The van der Waals surface area contributed by atoms with Gasteiger partial charge in [-0.05, 0) is 18.9 Å². The Morgan fingerprint density at radius 3 is 3.05 bits per heavy atom. The molecule has 0 saturated heterocycles. The van der Waals surface area contributed by atoms with Crippen molar-refractivity contribution in [1.82, 2.24) is 4.98 Å². The fourth-order valence-corrected chi connectivity index (χ4v) is 2.86. The Morgan fingerprint density at radius 1 is 1.32 bits per heavy atom. The molecule has 1 fully saturated rings. The van der Waals surface area contributed by atoms with E-state index in [0.29, 0.717) is 12.6 Å². The summed E-state index contributed by atoms with van der Waals surface area (Å²) in [5.41, 5.74) is 4.44. The summed E-state index contributed by atoms with van der Waals surface area (Å²) in [5, 5.41) is 5.48. The second-order valence-electron chi connectivity index (χ2n) is 5.27. The Bertz CT molecular complexity index is 652. The predicted octanol–water partition coefficient (Wildman–Crippen LogP) is 3.54. The smallest absolute Gasteiger partial charge is 0.0912 e. The topological polar surface area (TPSA) is 34.2 Å². The molecule has 0 amide bonds. The van der Waals surface area contributed by atoms with Gasteiger partial charge in [0.2, 0.25) is 0 Å². The zero-order valence-corrected chi connectivity index (χ0v) is 11.3. The summed E-state index contributed by atoms with van der Waals surface area (Å²) < 4.78 is 5.60. The van der Waals surface area contributed by atoms with Crippen LogP contribution >= 0.6 is 11.6 Å². The summed E-state index contributed by atoms with van der Waals surface area (Å²) in [6, 6.07) is 6.59. The zero-order chi connectivity index (χ0) is 12.8. The van der Waals surface area contributed by atoms with Crippen LogP contribution in [0.5, 0.6) is 0 Å². The Balaban J connectivity index is 1.99. The lowest BCUT2D eigenvalue weighted by Crippen LogP contribution is -2.16. The van der Waals surface area contributed by atoms with E-state index in [2.05, 4.69) is 11.4 Å². The third kappa shape index (κ3) is 1.97. The number of halogens is 1. The minimum absolute atomic E-state index is 0.607. The standard InChI is InChI=1S/C15H15ClN2O/c16-12-3-1-2-10-14(17-9-4-5-9)11-8-19-7-6-13(11)18-15(10)12/h1-3,9H,4-8H2,(H,17,18). The summed E-state index contributed by atoms with van der Waals surface area (Å²) in [4.78, 5) is 4.75. The van der Waals surface area contributed by atoms with Crippen molar-refractivity contribution in [3.8, 4) is 0 Å². The van der Waals surface area contributed by atoms with E-state index >= 15 is 0 Å². The van der Waals surface area contributed by atoms with Crippen LogP contribution in [0.1, 0.15) is 24.1 Å². The van der Waals surface area contributed by atoms with Crippen molar-refractivity contribution in [3.05, 3.63) is 34.5 Å². The van der Waals surface area contributed by atoms with Crippen LogP contribution in [0.25, 0.3) is 10.9 Å². The fourth-order valence-electron chi connectivity index (χ4n) is 2.64. The molecular weight excluding hydrogens is 260 g/mol. The van der Waals surface area contributed by atoms with Crippen LogP contribution in [-0.2, 0) is 17.8 Å². The van der Waals surface area contributed by atoms with Gasteiger partial charge in [-0.1, -0.05) is 23.7 Å². The molecule has 3 nitrogen and oxygen atoms in total. The fraction of sp³-hybridized carbons (Fsp3) is 0.400. The quantitative estimate of drug-likeness (QED) is 0.910. The first kappa shape index (κ1) is 11.5. The number of benzene rings is 1. The lowest BCUT2D eigenvalue weighted by molar-refractivity contribution is 0.110. The number of nitrogens with zero attached hydrogens (tertiary/aromatic N) is 1. The van der Waals surface area contributed by atoms with E-state index in [-0.39, 0.29) is 0 Å². The van der Waals surface area contributed by atoms with Crippen molar-refractivity contribution in [2.75, 3.05) is 11.9 Å². The van der Waals surface area contributed by atoms with Crippen LogP contribution < -0.4 is 5.32 Å². The van der Waals surface area contributed by atoms with Crippen LogP contribution in [0, 0.1) is 0 Å². The number of nitrogens with one attached hydrogen (secondary N) is 1. The highest BCUT2D eigenvalue weighted by Crippen LogP contribution is 2.37. The summed E-state index contributed by atoms with van der Waals surface area (Å²) in [6.07, 6.45) is 3.37.